The second-order valence-corrected chi connectivity index (χ2v) is 1.14. The van der Waals surface area contributed by atoms with Crippen LogP contribution in [0.25, 0.3) is 0 Å². The van der Waals surface area contributed by atoms with Gasteiger partial charge in [-0.2, -0.15) is 0 Å². The van der Waals surface area contributed by atoms with Gasteiger partial charge in [-0.25, -0.2) is 0 Å². The van der Waals surface area contributed by atoms with Gasteiger partial charge in [0.1, 0.15) is 0 Å². The number of carboxylic acids is 1. The van der Waals surface area contributed by atoms with Crippen LogP contribution in [0.5, 0.6) is 0 Å². The van der Waals surface area contributed by atoms with E-state index < -0.39 is 5.97 Å². The first-order chi connectivity index (χ1) is 2.77. The minimum atomic E-state index is -0.711. The molecule has 3 nitrogen and oxygen atoms in total. The zero-order valence-electron chi connectivity index (χ0n) is 6.98. The number of carboxylic acid groups (broad SMARTS) is 1. The van der Waals surface area contributed by atoms with Gasteiger partial charge in [0.15, 0.2) is 0 Å². The molecule has 3 N–H and O–H groups in total. The normalized spacial score (nSPS) is 6.12. The fourth-order valence-corrected chi connectivity index (χ4v) is 0.214. The van der Waals surface area contributed by atoms with Crippen LogP contribution >= 0.6 is 0 Å². The predicted molar refractivity (Wildman–Crippen MR) is 34.1 cm³/mol. The number of hydrogen-bond acceptors (Lipinski definition) is 1. The molecule has 0 aliphatic heterocycles. The summed E-state index contributed by atoms with van der Waals surface area (Å²) in [5, 5.41) is 7.91. The van der Waals surface area contributed by atoms with Crippen molar-refractivity contribution in [2.24, 2.45) is 0 Å². The molecule has 0 aliphatic rings. The Balaban J connectivity index is -0.0000000208. The molecule has 0 aromatic heterocycles. The van der Waals surface area contributed by atoms with E-state index in [1.165, 1.54) is 0 Å². The van der Waals surface area contributed by atoms with Crippen LogP contribution in [-0.2, 0) is 4.79 Å². The number of rotatable bonds is 2. The Morgan fingerprint density at radius 3 is 2.12 bits per heavy atom. The van der Waals surface area contributed by atoms with E-state index in [-0.39, 0.29) is 31.4 Å². The first-order valence-corrected chi connectivity index (χ1v) is 1.99. The molecule has 8 heavy (non-hydrogen) atoms. The van der Waals surface area contributed by atoms with Crippen molar-refractivity contribution in [1.29, 1.82) is 0 Å². The number of hydrogen-bond donors (Lipinski definition) is 1. The molecule has 0 radical (unpaired) electrons. The molecule has 0 unspecified atom stereocenters. The molecule has 4 heteroatoms. The maximum Gasteiger partial charge on any atom is 2.00 e. The molecule has 0 amide bonds. The summed E-state index contributed by atoms with van der Waals surface area (Å²) >= 11 is 0. The van der Waals surface area contributed by atoms with E-state index in [0.717, 1.165) is 6.42 Å². The van der Waals surface area contributed by atoms with Gasteiger partial charge in [0.05, 0.1) is 0 Å². The van der Waals surface area contributed by atoms with Crippen molar-refractivity contribution >= 4 is 29.0 Å². The van der Waals surface area contributed by atoms with Crippen LogP contribution in [0.2, 0.25) is 0 Å². The molecule has 0 heterocycles. The van der Waals surface area contributed by atoms with Gasteiger partial charge in [-0.05, 0) is 6.42 Å². The van der Waals surface area contributed by atoms with Crippen molar-refractivity contribution in [2.75, 3.05) is 0 Å². The van der Waals surface area contributed by atoms with Crippen LogP contribution in [-0.4, -0.2) is 39.6 Å². The van der Waals surface area contributed by atoms with E-state index >= 15 is 0 Å². The van der Waals surface area contributed by atoms with Gasteiger partial charge in [0.2, 0.25) is 0 Å². The molecule has 0 rings (SSSR count). The zero-order valence-corrected chi connectivity index (χ0v) is 6.39. The Labute approximate surface area is 67.5 Å². The maximum atomic E-state index is 9.60. The van der Waals surface area contributed by atoms with E-state index in [1.807, 2.05) is 6.92 Å². The summed E-state index contributed by atoms with van der Waals surface area (Å²) in [5.41, 5.74) is 0. The van der Waals surface area contributed by atoms with Crippen molar-refractivity contribution in [2.45, 2.75) is 19.8 Å². The summed E-state index contributed by atoms with van der Waals surface area (Å²) < 4.78 is 0. The summed E-state index contributed by atoms with van der Waals surface area (Å²) in [4.78, 5) is 9.60. The SMILES string of the molecule is CCCC(=O)O.O.[H-].[H-].[Mg+2]. The Bertz CT molecular complexity index is 62.5. The number of aliphatic carboxylic acids is 1. The molecule has 0 bridgehead atoms. The topological polar surface area (TPSA) is 68.8 Å². The third-order valence-corrected chi connectivity index (χ3v) is 0.464. The third kappa shape index (κ3) is 16.4. The van der Waals surface area contributed by atoms with Crippen LogP contribution in [0.4, 0.5) is 0 Å². The molecule has 0 saturated carbocycles. The van der Waals surface area contributed by atoms with Gasteiger partial charge >= 0.3 is 29.0 Å². The molecule has 0 aromatic carbocycles. The molecular weight excluding hydrogens is 120 g/mol. The summed E-state index contributed by atoms with van der Waals surface area (Å²) in [6, 6.07) is 0. The van der Waals surface area contributed by atoms with E-state index in [4.69, 9.17) is 5.11 Å². The Morgan fingerprint density at radius 1 is 1.75 bits per heavy atom. The van der Waals surface area contributed by atoms with Crippen molar-refractivity contribution in [1.82, 2.24) is 0 Å². The van der Waals surface area contributed by atoms with Gasteiger partial charge in [0, 0.05) is 6.42 Å². The van der Waals surface area contributed by atoms with Crippen molar-refractivity contribution in [3.05, 3.63) is 0 Å². The van der Waals surface area contributed by atoms with Crippen LogP contribution in [0, 0.1) is 0 Å². The molecule has 0 atom stereocenters. The van der Waals surface area contributed by atoms with Crippen molar-refractivity contribution in [3.8, 4) is 0 Å². The van der Waals surface area contributed by atoms with Crippen LogP contribution in [0.15, 0.2) is 0 Å². The van der Waals surface area contributed by atoms with E-state index in [0.29, 0.717) is 6.42 Å². The molecule has 0 spiro atoms. The Morgan fingerprint density at radius 2 is 2.12 bits per heavy atom. The van der Waals surface area contributed by atoms with E-state index in [2.05, 4.69) is 0 Å². The molecule has 48 valence electrons. The number of carbonyl (C=O) groups is 1. The average molecular weight is 132 g/mol. The first kappa shape index (κ1) is 15.7. The maximum absolute atomic E-state index is 9.60. The van der Waals surface area contributed by atoms with Crippen LogP contribution in [0.3, 0.4) is 0 Å². The monoisotopic (exact) mass is 132 g/mol. The Kier molecular flexibility index (Phi) is 20.1. The predicted octanol–water partition coefficient (Wildman–Crippen LogP) is -0.109. The smallest absolute Gasteiger partial charge is 1.00 e. The van der Waals surface area contributed by atoms with Gasteiger partial charge in [-0.15, -0.1) is 0 Å². The minimum Gasteiger partial charge on any atom is -1.00 e. The van der Waals surface area contributed by atoms with Crippen molar-refractivity contribution < 1.29 is 18.2 Å². The van der Waals surface area contributed by atoms with Gasteiger partial charge in [0.25, 0.3) is 0 Å². The minimum absolute atomic E-state index is 0. The molecule has 0 fully saturated rings. The van der Waals surface area contributed by atoms with E-state index in [1.54, 1.807) is 0 Å². The van der Waals surface area contributed by atoms with Gasteiger partial charge in [-0.1, -0.05) is 6.92 Å². The summed E-state index contributed by atoms with van der Waals surface area (Å²) in [6.45, 7) is 1.84. The summed E-state index contributed by atoms with van der Waals surface area (Å²) in [7, 11) is 0. The third-order valence-electron chi connectivity index (χ3n) is 0.464. The fraction of sp³-hybridized carbons (Fsp3) is 0.750. The van der Waals surface area contributed by atoms with Crippen LogP contribution < -0.4 is 0 Å². The summed E-state index contributed by atoms with van der Waals surface area (Å²) in [5.74, 6) is -0.711. The van der Waals surface area contributed by atoms with Crippen LogP contribution in [0.1, 0.15) is 22.6 Å². The second-order valence-electron chi connectivity index (χ2n) is 1.14. The molecular formula is C4H12MgO3. The summed E-state index contributed by atoms with van der Waals surface area (Å²) in [6.07, 6.45) is 1.02. The Hall–Kier alpha value is 0.196. The fourth-order valence-electron chi connectivity index (χ4n) is 0.214. The van der Waals surface area contributed by atoms with Crippen molar-refractivity contribution in [3.63, 3.8) is 0 Å². The van der Waals surface area contributed by atoms with E-state index in [9.17, 15) is 4.79 Å². The second kappa shape index (κ2) is 10.2. The zero-order chi connectivity index (χ0) is 4.99. The first-order valence-electron chi connectivity index (χ1n) is 1.99. The molecule has 0 aromatic rings. The standard InChI is InChI=1S/C4H8O2.Mg.H2O.2H/c1-2-3-4(5)6;;;;/h2-3H2,1H3,(H,5,6);;1H2;;/q;+2;;2*-1. The molecule has 0 aliphatic carbocycles. The molecule has 0 saturated heterocycles. The van der Waals surface area contributed by atoms with Gasteiger partial charge < -0.3 is 13.4 Å². The van der Waals surface area contributed by atoms with Gasteiger partial charge in [-0.3, -0.25) is 4.79 Å². The quantitative estimate of drug-likeness (QED) is 0.533. The average Bonchev–Trinajstić information content (AvgIpc) is 1.35. The largest absolute Gasteiger partial charge is 2.00 e.